The fraction of sp³-hybridized carbons (Fsp3) is 0. The fourth-order valence-electron chi connectivity index (χ4n) is 21.4. The Morgan fingerprint density at radius 1 is 0.135 bits per heavy atom. The van der Waals surface area contributed by atoms with Gasteiger partial charge in [-0.2, -0.15) is 0 Å². The van der Waals surface area contributed by atoms with Gasteiger partial charge in [0.15, 0.2) is 0 Å². The quantitative estimate of drug-likeness (QED) is 0.127. The first-order valence-corrected chi connectivity index (χ1v) is 45.6. The molecule has 0 aliphatic carbocycles. The average molecular weight is 1700 g/mol. The third kappa shape index (κ3) is 12.4. The van der Waals surface area contributed by atoms with Crippen LogP contribution >= 0.6 is 0 Å². The molecule has 0 saturated heterocycles. The van der Waals surface area contributed by atoms with Gasteiger partial charge in [0.05, 0.1) is 82.9 Å². The SMILES string of the molecule is c1ccc(-c2ccc(-n3c4ccccc4c4c5c6ccccc6n(-c6ccc(-c7ccccc7)cc6)c5ccc43)cc2)cc1.c1ccc(-c2cccc(-n3c4ccccc4c4c5c6ccccc6n(-c6ccccc6)c5ccc43)n2)cc1.c1ccc(-n2c3ccccc3c3c4c5ccccc5n(-c5ccccc5)c4c(-c4ccc(-n5c6ccccc6c6ccccc65)cc4)cc32)cc1. The second-order valence-corrected chi connectivity index (χ2v) is 34.4. The van der Waals surface area contributed by atoms with Crippen LogP contribution in [0.15, 0.2) is 497 Å². The summed E-state index contributed by atoms with van der Waals surface area (Å²) in [5.74, 6) is 0.920. The number of hydrogen-bond donors (Lipinski definition) is 0. The van der Waals surface area contributed by atoms with Crippen molar-refractivity contribution >= 4 is 153 Å². The summed E-state index contributed by atoms with van der Waals surface area (Å²) in [5, 5.41) is 17.7. The summed E-state index contributed by atoms with van der Waals surface area (Å²) in [6.07, 6.45) is 0. The van der Waals surface area contributed by atoms with E-state index >= 15 is 0 Å². The lowest BCUT2D eigenvalue weighted by molar-refractivity contribution is 1.08. The van der Waals surface area contributed by atoms with E-state index in [0.717, 1.165) is 56.5 Å². The summed E-state index contributed by atoms with van der Waals surface area (Å²) >= 11 is 0. The first-order valence-electron chi connectivity index (χ1n) is 45.6. The zero-order chi connectivity index (χ0) is 87.6. The number of benzene rings is 20. The highest BCUT2D eigenvalue weighted by molar-refractivity contribution is 6.33. The van der Waals surface area contributed by atoms with Crippen LogP contribution in [-0.2, 0) is 0 Å². The molecule has 0 N–H and O–H groups in total. The molecule has 622 valence electrons. The molecular weight excluding hydrogens is 1610 g/mol. The van der Waals surface area contributed by atoms with Gasteiger partial charge in [0, 0.05) is 121 Å². The van der Waals surface area contributed by atoms with Gasteiger partial charge in [0.25, 0.3) is 0 Å². The molecule has 0 radical (unpaired) electrons. The zero-order valence-electron chi connectivity index (χ0n) is 72.4. The molecule has 0 fully saturated rings. The second kappa shape index (κ2) is 31.6. The summed E-state index contributed by atoms with van der Waals surface area (Å²) in [6, 6.07) is 179. The monoisotopic (exact) mass is 1690 g/mol. The van der Waals surface area contributed by atoms with E-state index in [1.807, 2.05) is 6.07 Å². The van der Waals surface area contributed by atoms with Gasteiger partial charge in [0.1, 0.15) is 5.82 Å². The fourth-order valence-corrected chi connectivity index (χ4v) is 21.4. The van der Waals surface area contributed by atoms with E-state index in [9.17, 15) is 0 Å². The molecule has 0 aliphatic rings. The van der Waals surface area contributed by atoms with Gasteiger partial charge in [-0.15, -0.1) is 0 Å². The predicted octanol–water partition coefficient (Wildman–Crippen LogP) is 32.8. The molecule has 20 aromatic carbocycles. The van der Waals surface area contributed by atoms with Crippen molar-refractivity contribution in [3.63, 3.8) is 0 Å². The molecule has 0 unspecified atom stereocenters. The number of aromatic nitrogens is 8. The minimum Gasteiger partial charge on any atom is -0.309 e. The number of nitrogens with zero attached hydrogens (tertiary/aromatic N) is 8. The summed E-state index contributed by atoms with van der Waals surface area (Å²) in [4.78, 5) is 5.14. The van der Waals surface area contributed by atoms with E-state index in [0.29, 0.717) is 0 Å². The van der Waals surface area contributed by atoms with E-state index in [4.69, 9.17) is 4.98 Å². The summed E-state index contributed by atoms with van der Waals surface area (Å²) < 4.78 is 16.8. The minimum atomic E-state index is 0.920. The molecule has 0 spiro atoms. The van der Waals surface area contributed by atoms with Crippen LogP contribution in [0.4, 0.5) is 0 Å². The van der Waals surface area contributed by atoms with Crippen LogP contribution in [0.3, 0.4) is 0 Å². The largest absolute Gasteiger partial charge is 0.309 e. The number of hydrogen-bond acceptors (Lipinski definition) is 1. The van der Waals surface area contributed by atoms with Crippen LogP contribution in [0.1, 0.15) is 0 Å². The molecule has 8 aromatic heterocycles. The molecule has 133 heavy (non-hydrogen) atoms. The number of rotatable bonds is 11. The highest BCUT2D eigenvalue weighted by atomic mass is 15.1. The van der Waals surface area contributed by atoms with Crippen molar-refractivity contribution < 1.29 is 0 Å². The molecule has 8 heterocycles. The minimum absolute atomic E-state index is 0.920. The summed E-state index contributed by atoms with van der Waals surface area (Å²) in [7, 11) is 0. The first-order chi connectivity index (χ1) is 66.1. The summed E-state index contributed by atoms with van der Waals surface area (Å²) in [5.41, 5.74) is 33.2. The van der Waals surface area contributed by atoms with Crippen LogP contribution < -0.4 is 0 Å². The van der Waals surface area contributed by atoms with Crippen LogP contribution in [0.5, 0.6) is 0 Å². The maximum atomic E-state index is 5.14. The Balaban J connectivity index is 0.000000105. The Morgan fingerprint density at radius 2 is 0.376 bits per heavy atom. The van der Waals surface area contributed by atoms with Gasteiger partial charge in [-0.1, -0.05) is 334 Å². The molecule has 0 aliphatic heterocycles. The molecule has 8 nitrogen and oxygen atoms in total. The van der Waals surface area contributed by atoms with Gasteiger partial charge in [0.2, 0.25) is 0 Å². The second-order valence-electron chi connectivity index (χ2n) is 34.4. The maximum Gasteiger partial charge on any atom is 0.138 e. The van der Waals surface area contributed by atoms with E-state index in [1.54, 1.807) is 0 Å². The third-order valence-corrected chi connectivity index (χ3v) is 27.1. The molecule has 0 saturated carbocycles. The van der Waals surface area contributed by atoms with Gasteiger partial charge in [-0.25, -0.2) is 4.98 Å². The van der Waals surface area contributed by atoms with Crippen molar-refractivity contribution in [1.82, 2.24) is 37.0 Å². The maximum absolute atomic E-state index is 5.14. The van der Waals surface area contributed by atoms with Gasteiger partial charge >= 0.3 is 0 Å². The van der Waals surface area contributed by atoms with E-state index in [2.05, 4.69) is 523 Å². The highest BCUT2D eigenvalue weighted by Crippen LogP contribution is 2.50. The summed E-state index contributed by atoms with van der Waals surface area (Å²) in [6.45, 7) is 0. The van der Waals surface area contributed by atoms with Crippen molar-refractivity contribution in [3.8, 4) is 84.6 Å². The predicted molar refractivity (Wildman–Crippen MR) is 559 cm³/mol. The lowest BCUT2D eigenvalue weighted by atomic mass is 9.97. The number of para-hydroxylation sites is 11. The Bertz CT molecular complexity index is 9160. The van der Waals surface area contributed by atoms with Crippen LogP contribution in [-0.4, -0.2) is 37.0 Å². The zero-order valence-corrected chi connectivity index (χ0v) is 72.4. The first kappa shape index (κ1) is 76.4. The lowest BCUT2D eigenvalue weighted by Crippen LogP contribution is -1.98. The van der Waals surface area contributed by atoms with Crippen molar-refractivity contribution in [3.05, 3.63) is 497 Å². The molecule has 0 atom stereocenters. The lowest BCUT2D eigenvalue weighted by Gasteiger charge is -2.15. The number of fused-ring (bicyclic) bond motifs is 24. The van der Waals surface area contributed by atoms with Crippen molar-refractivity contribution in [2.75, 3.05) is 0 Å². The molecule has 0 bridgehead atoms. The van der Waals surface area contributed by atoms with Crippen LogP contribution in [0.2, 0.25) is 0 Å². The smallest absolute Gasteiger partial charge is 0.138 e. The molecule has 28 aromatic rings. The highest BCUT2D eigenvalue weighted by Gasteiger charge is 2.28. The molecule has 8 heteroatoms. The van der Waals surface area contributed by atoms with Gasteiger partial charge < -0.3 is 27.4 Å². The normalized spacial score (nSPS) is 11.8. The Labute approximate surface area is 766 Å². The molecular formula is C125H82N8. The van der Waals surface area contributed by atoms with E-state index < -0.39 is 0 Å². The Kier molecular flexibility index (Phi) is 18.1. The van der Waals surface area contributed by atoms with Gasteiger partial charge in [-0.05, 0) is 192 Å². The van der Waals surface area contributed by atoms with E-state index in [-0.39, 0.29) is 0 Å². The van der Waals surface area contributed by atoms with Crippen molar-refractivity contribution in [2.24, 2.45) is 0 Å². The van der Waals surface area contributed by atoms with Crippen molar-refractivity contribution in [1.29, 1.82) is 0 Å². The standard InChI is InChI=1S/C48H31N3.C42H28N2.C35H23N3/c1-3-15-33(16-4-1)50-43-25-13-9-21-38(43)46-45(50)31-40(48-47(46)39-22-10-14-26-44(39)51(48)34-17-5-2-6-18-34)32-27-29-35(30-28-32)49-41-23-11-7-19-36(41)37-20-8-12-24-42(37)49;1-3-11-29(12-4-1)31-19-23-33(24-20-31)43-37-17-9-7-15-35(37)41-39(43)27-28-40-42(41)36-16-8-10-18-38(36)44(40)34-25-21-32(22-26-34)30-13-5-2-6-14-30;1-3-12-24(13-4-1)28-18-11-21-33(36-28)38-30-20-10-8-17-27(30)35-32(38)23-22-31-34(35)26-16-7-9-19-29(26)37(31)25-14-5-2-6-15-25/h1-31H;1-28H;1-23H. The Morgan fingerprint density at radius 3 is 0.744 bits per heavy atom. The van der Waals surface area contributed by atoms with Crippen molar-refractivity contribution in [2.45, 2.75) is 0 Å². The van der Waals surface area contributed by atoms with Crippen LogP contribution in [0, 0.1) is 0 Å². The molecule has 28 rings (SSSR count). The molecule has 0 amide bonds. The topological polar surface area (TPSA) is 47.4 Å². The Hall–Kier alpha value is -17.9. The average Bonchev–Trinajstić information content (AvgIpc) is 1.55. The van der Waals surface area contributed by atoms with E-state index in [1.165, 1.54) is 181 Å². The number of pyridine rings is 1. The van der Waals surface area contributed by atoms with Crippen LogP contribution in [0.25, 0.3) is 237 Å². The third-order valence-electron chi connectivity index (χ3n) is 27.1. The van der Waals surface area contributed by atoms with Gasteiger partial charge in [-0.3, -0.25) is 4.57 Å².